The minimum atomic E-state index is 0.496. The number of fused-ring (bicyclic) bond motifs is 1. The second-order valence-corrected chi connectivity index (χ2v) is 6.12. The van der Waals surface area contributed by atoms with E-state index in [0.717, 1.165) is 24.6 Å². The number of nitrogen functional groups attached to an aromatic ring is 1. The summed E-state index contributed by atoms with van der Waals surface area (Å²) in [6, 6.07) is 8.94. The highest BCUT2D eigenvalue weighted by atomic mass is 15.2. The molecular formula is C17H21N5. The Morgan fingerprint density at radius 3 is 2.82 bits per heavy atom. The van der Waals surface area contributed by atoms with E-state index in [1.54, 1.807) is 6.33 Å². The second-order valence-electron chi connectivity index (χ2n) is 6.12. The van der Waals surface area contributed by atoms with E-state index in [-0.39, 0.29) is 0 Å². The van der Waals surface area contributed by atoms with Gasteiger partial charge in [-0.05, 0) is 30.9 Å². The SMILES string of the molecule is Nc1c(NC2CCCC2)ncnc1N1CCc2ccccc21. The van der Waals surface area contributed by atoms with Crippen LogP contribution in [0, 0.1) is 0 Å². The van der Waals surface area contributed by atoms with Crippen LogP contribution in [0.3, 0.4) is 0 Å². The lowest BCUT2D eigenvalue weighted by Gasteiger charge is -2.22. The van der Waals surface area contributed by atoms with E-state index in [4.69, 9.17) is 5.73 Å². The third-order valence-corrected chi connectivity index (χ3v) is 4.70. The van der Waals surface area contributed by atoms with Crippen LogP contribution in [0.1, 0.15) is 31.2 Å². The molecule has 114 valence electrons. The number of hydrogen-bond donors (Lipinski definition) is 2. The molecule has 5 nitrogen and oxygen atoms in total. The molecule has 1 aromatic heterocycles. The van der Waals surface area contributed by atoms with Gasteiger partial charge in [-0.25, -0.2) is 9.97 Å². The lowest BCUT2D eigenvalue weighted by Crippen LogP contribution is -2.21. The van der Waals surface area contributed by atoms with Crippen LogP contribution in [0.25, 0.3) is 0 Å². The summed E-state index contributed by atoms with van der Waals surface area (Å²) < 4.78 is 0. The first-order chi connectivity index (χ1) is 10.8. The number of benzene rings is 1. The van der Waals surface area contributed by atoms with Gasteiger partial charge in [0.2, 0.25) is 0 Å². The highest BCUT2D eigenvalue weighted by molar-refractivity contribution is 5.81. The third kappa shape index (κ3) is 2.26. The van der Waals surface area contributed by atoms with Crippen molar-refractivity contribution in [2.45, 2.75) is 38.1 Å². The maximum Gasteiger partial charge on any atom is 0.161 e. The molecule has 1 aliphatic heterocycles. The number of nitrogens with one attached hydrogen (secondary N) is 1. The summed E-state index contributed by atoms with van der Waals surface area (Å²) in [6.45, 7) is 0.920. The Balaban J connectivity index is 1.65. The topological polar surface area (TPSA) is 67.1 Å². The number of hydrogen-bond acceptors (Lipinski definition) is 5. The van der Waals surface area contributed by atoms with Gasteiger partial charge in [0.05, 0.1) is 0 Å². The van der Waals surface area contributed by atoms with Gasteiger partial charge in [0, 0.05) is 18.3 Å². The molecule has 2 heterocycles. The number of rotatable bonds is 3. The molecule has 0 bridgehead atoms. The number of para-hydroxylation sites is 1. The van der Waals surface area contributed by atoms with Gasteiger partial charge in [-0.3, -0.25) is 0 Å². The fraction of sp³-hybridized carbons (Fsp3) is 0.412. The molecule has 0 radical (unpaired) electrons. The first-order valence-corrected chi connectivity index (χ1v) is 8.05. The summed E-state index contributed by atoms with van der Waals surface area (Å²) in [6.07, 6.45) is 7.62. The summed E-state index contributed by atoms with van der Waals surface area (Å²) in [7, 11) is 0. The van der Waals surface area contributed by atoms with Crippen molar-refractivity contribution >= 4 is 23.0 Å². The van der Waals surface area contributed by atoms with Crippen molar-refractivity contribution in [2.75, 3.05) is 22.5 Å². The minimum absolute atomic E-state index is 0.496. The van der Waals surface area contributed by atoms with Gasteiger partial charge < -0.3 is 16.0 Å². The predicted molar refractivity (Wildman–Crippen MR) is 89.5 cm³/mol. The summed E-state index contributed by atoms with van der Waals surface area (Å²) in [5.41, 5.74) is 9.59. The molecule has 0 atom stereocenters. The fourth-order valence-electron chi connectivity index (χ4n) is 3.54. The van der Waals surface area contributed by atoms with Crippen molar-refractivity contribution in [2.24, 2.45) is 0 Å². The first-order valence-electron chi connectivity index (χ1n) is 8.05. The Morgan fingerprint density at radius 2 is 1.95 bits per heavy atom. The molecule has 1 aromatic carbocycles. The van der Waals surface area contributed by atoms with Gasteiger partial charge in [-0.2, -0.15) is 0 Å². The molecule has 5 heteroatoms. The van der Waals surface area contributed by atoms with Crippen LogP contribution in [0.5, 0.6) is 0 Å². The van der Waals surface area contributed by atoms with E-state index >= 15 is 0 Å². The number of nitrogens with zero attached hydrogens (tertiary/aromatic N) is 3. The monoisotopic (exact) mass is 295 g/mol. The summed E-state index contributed by atoms with van der Waals surface area (Å²) in [5.74, 6) is 1.60. The molecule has 4 rings (SSSR count). The van der Waals surface area contributed by atoms with Crippen molar-refractivity contribution < 1.29 is 0 Å². The molecule has 0 spiro atoms. The van der Waals surface area contributed by atoms with Crippen molar-refractivity contribution in [1.82, 2.24) is 9.97 Å². The lowest BCUT2D eigenvalue weighted by atomic mass is 10.2. The minimum Gasteiger partial charge on any atom is -0.393 e. The van der Waals surface area contributed by atoms with Crippen LogP contribution >= 0.6 is 0 Å². The zero-order valence-electron chi connectivity index (χ0n) is 12.6. The van der Waals surface area contributed by atoms with Gasteiger partial charge in [0.25, 0.3) is 0 Å². The van der Waals surface area contributed by atoms with Crippen LogP contribution < -0.4 is 16.0 Å². The molecule has 2 aliphatic rings. The van der Waals surface area contributed by atoms with Crippen LogP contribution in [-0.2, 0) is 6.42 Å². The number of aromatic nitrogens is 2. The van der Waals surface area contributed by atoms with Gasteiger partial charge in [-0.1, -0.05) is 31.0 Å². The fourth-order valence-corrected chi connectivity index (χ4v) is 3.54. The maximum absolute atomic E-state index is 6.37. The third-order valence-electron chi connectivity index (χ3n) is 4.70. The predicted octanol–water partition coefficient (Wildman–Crippen LogP) is 3.11. The highest BCUT2D eigenvalue weighted by Crippen LogP contribution is 2.38. The molecule has 0 saturated heterocycles. The molecule has 1 aliphatic carbocycles. The van der Waals surface area contributed by atoms with E-state index in [2.05, 4.69) is 44.5 Å². The van der Waals surface area contributed by atoms with Crippen LogP contribution in [0.2, 0.25) is 0 Å². The normalized spacial score (nSPS) is 17.7. The molecule has 22 heavy (non-hydrogen) atoms. The lowest BCUT2D eigenvalue weighted by molar-refractivity contribution is 0.750. The number of nitrogens with two attached hydrogens (primary N) is 1. The van der Waals surface area contributed by atoms with E-state index in [1.807, 2.05) is 0 Å². The summed E-state index contributed by atoms with van der Waals surface area (Å²) in [4.78, 5) is 11.0. The molecular weight excluding hydrogens is 274 g/mol. The smallest absolute Gasteiger partial charge is 0.161 e. The number of anilines is 4. The van der Waals surface area contributed by atoms with Crippen molar-refractivity contribution in [3.8, 4) is 0 Å². The van der Waals surface area contributed by atoms with Crippen LogP contribution in [-0.4, -0.2) is 22.6 Å². The van der Waals surface area contributed by atoms with Crippen LogP contribution in [0.4, 0.5) is 23.0 Å². The van der Waals surface area contributed by atoms with E-state index in [0.29, 0.717) is 11.7 Å². The quantitative estimate of drug-likeness (QED) is 0.910. The zero-order chi connectivity index (χ0) is 14.9. The first kappa shape index (κ1) is 13.4. The van der Waals surface area contributed by atoms with Crippen molar-refractivity contribution in [1.29, 1.82) is 0 Å². The second kappa shape index (κ2) is 5.48. The molecule has 2 aromatic rings. The van der Waals surface area contributed by atoms with E-state index in [9.17, 15) is 0 Å². The Kier molecular flexibility index (Phi) is 3.33. The average molecular weight is 295 g/mol. The molecule has 0 unspecified atom stereocenters. The largest absolute Gasteiger partial charge is 0.393 e. The Bertz CT molecular complexity index is 678. The van der Waals surface area contributed by atoms with E-state index in [1.165, 1.54) is 36.9 Å². The highest BCUT2D eigenvalue weighted by Gasteiger charge is 2.24. The maximum atomic E-state index is 6.37. The van der Waals surface area contributed by atoms with Crippen molar-refractivity contribution in [3.63, 3.8) is 0 Å². The Hall–Kier alpha value is -2.30. The summed E-state index contributed by atoms with van der Waals surface area (Å²) in [5, 5.41) is 3.49. The van der Waals surface area contributed by atoms with Crippen LogP contribution in [0.15, 0.2) is 30.6 Å². The molecule has 0 amide bonds. The van der Waals surface area contributed by atoms with Crippen molar-refractivity contribution in [3.05, 3.63) is 36.2 Å². The molecule has 1 saturated carbocycles. The Labute approximate surface area is 130 Å². The molecule has 3 N–H and O–H groups in total. The van der Waals surface area contributed by atoms with E-state index < -0.39 is 0 Å². The van der Waals surface area contributed by atoms with Gasteiger partial charge in [0.1, 0.15) is 12.0 Å². The zero-order valence-corrected chi connectivity index (χ0v) is 12.6. The van der Waals surface area contributed by atoms with Gasteiger partial charge in [0.15, 0.2) is 11.6 Å². The standard InChI is InChI=1S/C17H21N5/c18-15-16(21-13-6-2-3-7-13)19-11-20-17(15)22-10-9-12-5-1-4-8-14(12)22/h1,4-5,8,11,13H,2-3,6-7,9-10,18H2,(H,19,20,21). The Morgan fingerprint density at radius 1 is 1.14 bits per heavy atom. The van der Waals surface area contributed by atoms with Gasteiger partial charge in [-0.15, -0.1) is 0 Å². The summed E-state index contributed by atoms with van der Waals surface area (Å²) >= 11 is 0. The molecule has 1 fully saturated rings. The van der Waals surface area contributed by atoms with Gasteiger partial charge >= 0.3 is 0 Å². The average Bonchev–Trinajstić information content (AvgIpc) is 3.19.